The van der Waals surface area contributed by atoms with Crippen LogP contribution in [-0.4, -0.2) is 23.4 Å². The van der Waals surface area contributed by atoms with Crippen molar-refractivity contribution < 1.29 is 19.2 Å². The van der Waals surface area contributed by atoms with E-state index in [0.717, 1.165) is 23.3 Å². The first-order valence-corrected chi connectivity index (χ1v) is 8.41. The first-order valence-electron chi connectivity index (χ1n) is 8.41. The van der Waals surface area contributed by atoms with Gasteiger partial charge in [-0.1, -0.05) is 12.1 Å². The lowest BCUT2D eigenvalue weighted by Crippen LogP contribution is -2.05. The van der Waals surface area contributed by atoms with Crippen LogP contribution in [-0.2, 0) is 6.42 Å². The summed E-state index contributed by atoms with van der Waals surface area (Å²) in [6.07, 6.45) is 3.98. The van der Waals surface area contributed by atoms with Crippen molar-refractivity contribution in [2.75, 3.05) is 6.61 Å². The minimum atomic E-state index is -0.521. The van der Waals surface area contributed by atoms with Crippen molar-refractivity contribution in [2.24, 2.45) is 0 Å². The van der Waals surface area contributed by atoms with Crippen LogP contribution in [0.4, 0.5) is 5.69 Å². The molecule has 26 heavy (non-hydrogen) atoms. The fourth-order valence-electron chi connectivity index (χ4n) is 2.90. The molecule has 3 rings (SSSR count). The van der Waals surface area contributed by atoms with Gasteiger partial charge >= 0.3 is 0 Å². The Balaban J connectivity index is 1.88. The van der Waals surface area contributed by atoms with Crippen molar-refractivity contribution in [2.45, 2.75) is 26.4 Å². The molecule has 0 N–H and O–H groups in total. The molecule has 0 spiro atoms. The van der Waals surface area contributed by atoms with Gasteiger partial charge in [0.2, 0.25) is 0 Å². The third-order valence-electron chi connectivity index (χ3n) is 4.08. The highest BCUT2D eigenvalue weighted by molar-refractivity contribution is 6.07. The number of non-ortho nitro benzene ring substituents is 1. The SMILES string of the molecule is CCOc1cc2c(cc1/C=C/C(=O)c1cccc([N+](=O)[O-])c1)O[C@H](C)C2. The van der Waals surface area contributed by atoms with Crippen LogP contribution in [0.5, 0.6) is 11.5 Å². The van der Waals surface area contributed by atoms with E-state index in [9.17, 15) is 14.9 Å². The minimum Gasteiger partial charge on any atom is -0.493 e. The highest BCUT2D eigenvalue weighted by Gasteiger charge is 2.21. The quantitative estimate of drug-likeness (QED) is 0.336. The number of rotatable bonds is 6. The van der Waals surface area contributed by atoms with Crippen LogP contribution in [0.1, 0.15) is 35.3 Å². The van der Waals surface area contributed by atoms with Crippen LogP contribution in [0.3, 0.4) is 0 Å². The van der Waals surface area contributed by atoms with Gasteiger partial charge in [-0.05, 0) is 38.1 Å². The molecule has 1 aliphatic heterocycles. The molecule has 2 aromatic rings. The third kappa shape index (κ3) is 3.74. The van der Waals surface area contributed by atoms with Crippen molar-refractivity contribution >= 4 is 17.5 Å². The van der Waals surface area contributed by atoms with Crippen LogP contribution in [0.2, 0.25) is 0 Å². The molecule has 0 radical (unpaired) electrons. The second-order valence-corrected chi connectivity index (χ2v) is 6.07. The van der Waals surface area contributed by atoms with E-state index < -0.39 is 4.92 Å². The van der Waals surface area contributed by atoms with E-state index in [2.05, 4.69) is 0 Å². The Morgan fingerprint density at radius 2 is 2.19 bits per heavy atom. The van der Waals surface area contributed by atoms with Crippen molar-refractivity contribution in [3.63, 3.8) is 0 Å². The smallest absolute Gasteiger partial charge is 0.270 e. The van der Waals surface area contributed by atoms with Gasteiger partial charge in [0.05, 0.1) is 11.5 Å². The summed E-state index contributed by atoms with van der Waals surface area (Å²) in [5.41, 5.74) is 1.97. The van der Waals surface area contributed by atoms with Crippen LogP contribution in [0.25, 0.3) is 6.08 Å². The zero-order chi connectivity index (χ0) is 18.7. The predicted octanol–water partition coefficient (Wildman–Crippen LogP) is 4.21. The number of nitrogens with zero attached hydrogens (tertiary/aromatic N) is 1. The molecule has 0 bridgehead atoms. The lowest BCUT2D eigenvalue weighted by molar-refractivity contribution is -0.384. The molecule has 0 saturated carbocycles. The van der Waals surface area contributed by atoms with Gasteiger partial charge in [-0.2, -0.15) is 0 Å². The second kappa shape index (κ2) is 7.39. The van der Waals surface area contributed by atoms with Gasteiger partial charge in [-0.25, -0.2) is 0 Å². The molecule has 1 heterocycles. The molecular weight excluding hydrogens is 334 g/mol. The van der Waals surface area contributed by atoms with E-state index in [0.29, 0.717) is 12.4 Å². The van der Waals surface area contributed by atoms with Gasteiger partial charge in [0, 0.05) is 35.2 Å². The standard InChI is InChI=1S/C20H19NO5/c1-3-25-19-12-16-9-13(2)26-20(16)11-15(19)7-8-18(22)14-5-4-6-17(10-14)21(23)24/h4-8,10-13H,3,9H2,1-2H3/b8-7+/t13-/m1/s1. The fraction of sp³-hybridized carbons (Fsp3) is 0.250. The van der Waals surface area contributed by atoms with E-state index in [-0.39, 0.29) is 23.1 Å². The molecule has 0 saturated heterocycles. The molecule has 1 atom stereocenters. The number of benzene rings is 2. The molecule has 0 unspecified atom stereocenters. The summed E-state index contributed by atoms with van der Waals surface area (Å²) in [5, 5.41) is 10.9. The van der Waals surface area contributed by atoms with Gasteiger partial charge in [0.15, 0.2) is 5.78 Å². The van der Waals surface area contributed by atoms with Gasteiger partial charge in [-0.15, -0.1) is 0 Å². The molecule has 1 aliphatic rings. The third-order valence-corrected chi connectivity index (χ3v) is 4.08. The Kier molecular flexibility index (Phi) is 5.02. The maximum atomic E-state index is 12.4. The van der Waals surface area contributed by atoms with Crippen LogP contribution in [0, 0.1) is 10.1 Å². The summed E-state index contributed by atoms with van der Waals surface area (Å²) in [6.45, 7) is 4.41. The minimum absolute atomic E-state index is 0.112. The zero-order valence-corrected chi connectivity index (χ0v) is 14.6. The Bertz CT molecular complexity index is 888. The van der Waals surface area contributed by atoms with Crippen LogP contribution >= 0.6 is 0 Å². The number of hydrogen-bond donors (Lipinski definition) is 0. The lowest BCUT2D eigenvalue weighted by Gasteiger charge is -2.10. The Hall–Kier alpha value is -3.15. The normalized spacial score (nSPS) is 15.5. The summed E-state index contributed by atoms with van der Waals surface area (Å²) in [4.78, 5) is 22.7. The monoisotopic (exact) mass is 353 g/mol. The average molecular weight is 353 g/mol. The van der Waals surface area contributed by atoms with Crippen molar-refractivity contribution in [3.8, 4) is 11.5 Å². The number of hydrogen-bond acceptors (Lipinski definition) is 5. The number of carbonyl (C=O) groups is 1. The van der Waals surface area contributed by atoms with Crippen LogP contribution < -0.4 is 9.47 Å². The van der Waals surface area contributed by atoms with Gasteiger partial charge in [-0.3, -0.25) is 14.9 Å². The molecule has 2 aromatic carbocycles. The van der Waals surface area contributed by atoms with Gasteiger partial charge in [0.25, 0.3) is 5.69 Å². The zero-order valence-electron chi connectivity index (χ0n) is 14.6. The maximum absolute atomic E-state index is 12.4. The van der Waals surface area contributed by atoms with Gasteiger partial charge < -0.3 is 9.47 Å². The first-order chi connectivity index (χ1) is 12.5. The molecular formula is C20H19NO5. The maximum Gasteiger partial charge on any atom is 0.270 e. The van der Waals surface area contributed by atoms with E-state index in [1.807, 2.05) is 26.0 Å². The molecule has 134 valence electrons. The van der Waals surface area contributed by atoms with E-state index in [1.165, 1.54) is 24.3 Å². The number of allylic oxidation sites excluding steroid dienone is 1. The summed E-state index contributed by atoms with van der Waals surface area (Å²) < 4.78 is 11.4. The second-order valence-electron chi connectivity index (χ2n) is 6.07. The Labute approximate surface area is 151 Å². The molecule has 0 fully saturated rings. The Morgan fingerprint density at radius 3 is 2.92 bits per heavy atom. The van der Waals surface area contributed by atoms with Crippen molar-refractivity contribution in [1.82, 2.24) is 0 Å². The number of fused-ring (bicyclic) bond motifs is 1. The Morgan fingerprint density at radius 1 is 1.38 bits per heavy atom. The number of ketones is 1. The number of nitro groups is 1. The molecule has 6 nitrogen and oxygen atoms in total. The number of nitro benzene ring substituents is 1. The average Bonchev–Trinajstić information content (AvgIpc) is 2.98. The summed E-state index contributed by atoms with van der Waals surface area (Å²) in [5.74, 6) is 1.17. The highest BCUT2D eigenvalue weighted by atomic mass is 16.6. The summed E-state index contributed by atoms with van der Waals surface area (Å²) >= 11 is 0. The van der Waals surface area contributed by atoms with E-state index >= 15 is 0 Å². The van der Waals surface area contributed by atoms with Gasteiger partial charge in [0.1, 0.15) is 17.6 Å². The predicted molar refractivity (Wildman–Crippen MR) is 97.9 cm³/mol. The van der Waals surface area contributed by atoms with E-state index in [4.69, 9.17) is 9.47 Å². The highest BCUT2D eigenvalue weighted by Crippen LogP contribution is 2.35. The van der Waals surface area contributed by atoms with E-state index in [1.54, 1.807) is 12.1 Å². The first kappa shape index (κ1) is 17.7. The summed E-state index contributed by atoms with van der Waals surface area (Å²) in [7, 11) is 0. The van der Waals surface area contributed by atoms with Crippen molar-refractivity contribution in [1.29, 1.82) is 0 Å². The molecule has 6 heteroatoms. The largest absolute Gasteiger partial charge is 0.493 e. The number of ether oxygens (including phenoxy) is 2. The lowest BCUT2D eigenvalue weighted by atomic mass is 10.0. The number of carbonyl (C=O) groups excluding carboxylic acids is 1. The molecule has 0 aliphatic carbocycles. The molecule has 0 amide bonds. The van der Waals surface area contributed by atoms with Crippen molar-refractivity contribution in [3.05, 3.63) is 69.3 Å². The van der Waals surface area contributed by atoms with Crippen LogP contribution in [0.15, 0.2) is 42.5 Å². The summed E-state index contributed by atoms with van der Waals surface area (Å²) in [6, 6.07) is 9.48. The fourth-order valence-corrected chi connectivity index (χ4v) is 2.90. The topological polar surface area (TPSA) is 78.7 Å². The molecule has 0 aromatic heterocycles.